The van der Waals surface area contributed by atoms with Gasteiger partial charge in [0, 0.05) is 0 Å². The highest BCUT2D eigenvalue weighted by atomic mass is 127. The Morgan fingerprint density at radius 2 is 1.70 bits per heavy atom. The molecular weight excluding hydrogens is 531 g/mol. The number of para-hydroxylation sites is 1. The molecule has 0 saturated heterocycles. The van der Waals surface area contributed by atoms with Crippen LogP contribution in [0.5, 0.6) is 5.75 Å². The van der Waals surface area contributed by atoms with E-state index in [1.807, 2.05) is 42.5 Å². The Kier molecular flexibility index (Phi) is 12.9. The largest absolute Gasteiger partial charge is 0.493 e. The molecule has 0 aliphatic heterocycles. The van der Waals surface area contributed by atoms with Crippen LogP contribution in [0.25, 0.3) is 0 Å². The number of aryl methyl sites for hydroxylation is 1. The van der Waals surface area contributed by atoms with Gasteiger partial charge in [-0.25, -0.2) is 4.79 Å². The Hall–Kier alpha value is -2.09. The molecule has 1 atom stereocenters. The van der Waals surface area contributed by atoms with Gasteiger partial charge in [-0.1, -0.05) is 72.2 Å². The van der Waals surface area contributed by atoms with E-state index in [0.29, 0.717) is 18.6 Å². The third kappa shape index (κ3) is 9.74. The zero-order valence-corrected chi connectivity index (χ0v) is 21.8. The third-order valence-corrected chi connectivity index (χ3v) is 6.39. The second-order valence-corrected chi connectivity index (χ2v) is 9.15. The van der Waals surface area contributed by atoms with Crippen LogP contribution in [0, 0.1) is 5.92 Å². The van der Waals surface area contributed by atoms with Crippen LogP contribution < -0.4 is 4.74 Å². The van der Waals surface area contributed by atoms with Crippen molar-refractivity contribution in [1.29, 1.82) is 0 Å². The molecule has 2 aromatic carbocycles. The molecule has 0 bridgehead atoms. The van der Waals surface area contributed by atoms with Gasteiger partial charge in [0.2, 0.25) is 0 Å². The maximum absolute atomic E-state index is 12.4. The Balaban J connectivity index is 1.90. The number of carbonyl (C=O) groups is 2. The fraction of sp³-hybridized carbons (Fsp3) is 0.481. The number of methoxy groups -OCH3 is 2. The molecule has 0 fully saturated rings. The number of ether oxygens (including phenoxy) is 3. The summed E-state index contributed by atoms with van der Waals surface area (Å²) in [5, 5.41) is 0. The van der Waals surface area contributed by atoms with Gasteiger partial charge in [-0.2, -0.15) is 0 Å². The van der Waals surface area contributed by atoms with Crippen molar-refractivity contribution in [2.45, 2.75) is 51.4 Å². The zero-order valence-electron chi connectivity index (χ0n) is 19.7. The number of halogens is 1. The molecule has 5 nitrogen and oxygen atoms in total. The number of esters is 2. The van der Waals surface area contributed by atoms with Crippen LogP contribution in [0.2, 0.25) is 0 Å². The van der Waals surface area contributed by atoms with Crippen LogP contribution in [0.1, 0.15) is 60.0 Å². The molecule has 0 spiro atoms. The van der Waals surface area contributed by atoms with E-state index < -0.39 is 0 Å². The van der Waals surface area contributed by atoms with Crippen molar-refractivity contribution < 1.29 is 23.8 Å². The van der Waals surface area contributed by atoms with E-state index in [1.165, 1.54) is 31.5 Å². The molecule has 0 saturated carbocycles. The van der Waals surface area contributed by atoms with Gasteiger partial charge in [-0.15, -0.1) is 0 Å². The van der Waals surface area contributed by atoms with Crippen LogP contribution >= 0.6 is 22.6 Å². The number of rotatable bonds is 15. The predicted octanol–water partition coefficient (Wildman–Crippen LogP) is 6.20. The average molecular weight is 566 g/mol. The third-order valence-electron chi connectivity index (χ3n) is 5.63. The van der Waals surface area contributed by atoms with Crippen molar-refractivity contribution in [3.05, 3.63) is 65.2 Å². The first-order valence-electron chi connectivity index (χ1n) is 11.6. The number of hydrogen-bond donors (Lipinski definition) is 0. The van der Waals surface area contributed by atoms with Crippen LogP contribution in [0.3, 0.4) is 0 Å². The van der Waals surface area contributed by atoms with Crippen LogP contribution in [-0.4, -0.2) is 37.2 Å². The van der Waals surface area contributed by atoms with Crippen molar-refractivity contribution in [3.8, 4) is 5.75 Å². The Morgan fingerprint density at radius 3 is 2.45 bits per heavy atom. The summed E-state index contributed by atoms with van der Waals surface area (Å²) in [4.78, 5) is 24.1. The standard InChI is InChI=1S/C27H35IO5/c1-31-26(29)23-15-9-11-21(19-23)12-10-18-33-25-16-7-6-13-22(25)20-24(27(30)32-2)14-5-3-4-8-17-28/h6-7,9,11,13,15-16,19,24H,3-5,8,10,12,14,17-18,20H2,1-2H3. The molecule has 1 unspecified atom stereocenters. The van der Waals surface area contributed by atoms with E-state index in [2.05, 4.69) is 22.6 Å². The first-order chi connectivity index (χ1) is 16.1. The van der Waals surface area contributed by atoms with Crippen molar-refractivity contribution in [2.24, 2.45) is 5.92 Å². The summed E-state index contributed by atoms with van der Waals surface area (Å²) in [6.07, 6.45) is 7.68. The normalized spacial score (nSPS) is 11.6. The second-order valence-electron chi connectivity index (χ2n) is 8.07. The number of carbonyl (C=O) groups excluding carboxylic acids is 2. The lowest BCUT2D eigenvalue weighted by atomic mass is 9.93. The molecule has 6 heteroatoms. The average Bonchev–Trinajstić information content (AvgIpc) is 2.85. The van der Waals surface area contributed by atoms with Gasteiger partial charge in [0.1, 0.15) is 5.75 Å². The van der Waals surface area contributed by atoms with Crippen molar-refractivity contribution in [3.63, 3.8) is 0 Å². The molecule has 0 aliphatic rings. The molecule has 180 valence electrons. The quantitative estimate of drug-likeness (QED) is 0.111. The molecule has 0 radical (unpaired) electrons. The van der Waals surface area contributed by atoms with Gasteiger partial charge in [-0.3, -0.25) is 4.79 Å². The highest BCUT2D eigenvalue weighted by molar-refractivity contribution is 14.1. The molecule has 2 rings (SSSR count). The fourth-order valence-electron chi connectivity index (χ4n) is 3.82. The van der Waals surface area contributed by atoms with Gasteiger partial charge in [-0.05, 0) is 65.9 Å². The molecule has 0 aromatic heterocycles. The highest BCUT2D eigenvalue weighted by Crippen LogP contribution is 2.25. The summed E-state index contributed by atoms with van der Waals surface area (Å²) in [5.74, 6) is 0.191. The van der Waals surface area contributed by atoms with Gasteiger partial charge in [0.05, 0.1) is 32.3 Å². The first-order valence-corrected chi connectivity index (χ1v) is 13.1. The maximum Gasteiger partial charge on any atom is 0.337 e. The minimum absolute atomic E-state index is 0.149. The summed E-state index contributed by atoms with van der Waals surface area (Å²) < 4.78 is 17.1. The Morgan fingerprint density at radius 1 is 0.909 bits per heavy atom. The number of benzene rings is 2. The smallest absolute Gasteiger partial charge is 0.337 e. The van der Waals surface area contributed by atoms with Gasteiger partial charge < -0.3 is 14.2 Å². The van der Waals surface area contributed by atoms with Crippen LogP contribution in [0.15, 0.2) is 48.5 Å². The number of alkyl halides is 1. The van der Waals surface area contributed by atoms with Crippen LogP contribution in [-0.2, 0) is 27.1 Å². The van der Waals surface area contributed by atoms with E-state index in [-0.39, 0.29) is 17.9 Å². The minimum atomic E-state index is -0.327. The molecule has 0 amide bonds. The molecule has 0 aliphatic carbocycles. The monoisotopic (exact) mass is 566 g/mol. The molecule has 2 aromatic rings. The van der Waals surface area contributed by atoms with Crippen molar-refractivity contribution in [2.75, 3.05) is 25.3 Å². The molecule has 0 N–H and O–H groups in total. The Bertz CT molecular complexity index is 867. The van der Waals surface area contributed by atoms with Gasteiger partial charge >= 0.3 is 11.9 Å². The van der Waals surface area contributed by atoms with E-state index in [4.69, 9.17) is 14.2 Å². The maximum atomic E-state index is 12.4. The molecular formula is C27H35IO5. The minimum Gasteiger partial charge on any atom is -0.493 e. The fourth-order valence-corrected chi connectivity index (χ4v) is 4.36. The lowest BCUT2D eigenvalue weighted by Crippen LogP contribution is -2.19. The lowest BCUT2D eigenvalue weighted by Gasteiger charge is -2.17. The summed E-state index contributed by atoms with van der Waals surface area (Å²) in [6, 6.07) is 15.4. The highest BCUT2D eigenvalue weighted by Gasteiger charge is 2.21. The second kappa shape index (κ2) is 15.7. The van der Waals surface area contributed by atoms with E-state index in [1.54, 1.807) is 6.07 Å². The predicted molar refractivity (Wildman–Crippen MR) is 139 cm³/mol. The number of unbranched alkanes of at least 4 members (excludes halogenated alkanes) is 3. The van der Waals surface area contributed by atoms with E-state index >= 15 is 0 Å². The van der Waals surface area contributed by atoms with Crippen LogP contribution in [0.4, 0.5) is 0 Å². The number of hydrogen-bond acceptors (Lipinski definition) is 5. The zero-order chi connectivity index (χ0) is 23.9. The van der Waals surface area contributed by atoms with Gasteiger partial charge in [0.25, 0.3) is 0 Å². The summed E-state index contributed by atoms with van der Waals surface area (Å²) in [5.41, 5.74) is 2.67. The van der Waals surface area contributed by atoms with Gasteiger partial charge in [0.15, 0.2) is 0 Å². The lowest BCUT2D eigenvalue weighted by molar-refractivity contribution is -0.145. The Labute approximate surface area is 211 Å². The van der Waals surface area contributed by atoms with Crippen molar-refractivity contribution >= 4 is 34.5 Å². The summed E-state index contributed by atoms with van der Waals surface area (Å²) in [6.45, 7) is 0.554. The molecule has 0 heterocycles. The molecule has 33 heavy (non-hydrogen) atoms. The summed E-state index contributed by atoms with van der Waals surface area (Å²) >= 11 is 2.40. The summed E-state index contributed by atoms with van der Waals surface area (Å²) in [7, 11) is 2.85. The van der Waals surface area contributed by atoms with Crippen molar-refractivity contribution in [1.82, 2.24) is 0 Å². The van der Waals surface area contributed by atoms with E-state index in [0.717, 1.165) is 49.0 Å². The van der Waals surface area contributed by atoms with E-state index in [9.17, 15) is 9.59 Å². The SMILES string of the molecule is COC(=O)c1cccc(CCCOc2ccccc2CC(CCCCCCI)C(=O)OC)c1. The topological polar surface area (TPSA) is 61.8 Å². The first kappa shape index (κ1) is 27.2.